The molecule has 1 rings (SSSR count). The Bertz CT molecular complexity index is 495. The topological polar surface area (TPSA) is 84.0 Å². The third kappa shape index (κ3) is 5.38. The van der Waals surface area contributed by atoms with Gasteiger partial charge in [-0.25, -0.2) is 23.1 Å². The van der Waals surface area contributed by atoms with E-state index in [0.717, 1.165) is 0 Å². The van der Waals surface area contributed by atoms with Crippen molar-refractivity contribution in [3.05, 3.63) is 11.2 Å². The Hall–Kier alpha value is -0.570. The van der Waals surface area contributed by atoms with E-state index in [1.165, 1.54) is 11.8 Å². The molecule has 1 aromatic heterocycles. The van der Waals surface area contributed by atoms with Gasteiger partial charge in [0.05, 0.1) is 5.75 Å². The van der Waals surface area contributed by atoms with Crippen LogP contribution >= 0.6 is 23.4 Å². The normalized spacial score (nSPS) is 11.5. The molecule has 0 aromatic carbocycles. The highest BCUT2D eigenvalue weighted by molar-refractivity contribution is 7.98. The summed E-state index contributed by atoms with van der Waals surface area (Å²) in [5.41, 5.74) is 0. The fourth-order valence-electron chi connectivity index (χ4n) is 1.18. The highest BCUT2D eigenvalue weighted by Crippen LogP contribution is 2.16. The molecule has 0 amide bonds. The van der Waals surface area contributed by atoms with Gasteiger partial charge in [0, 0.05) is 19.2 Å². The lowest BCUT2D eigenvalue weighted by atomic mass is 10.5. The third-order valence-electron chi connectivity index (χ3n) is 1.90. The SMILES string of the molecule is CCNS(=O)(=O)CCNc1cc(Cl)nc(SC)n1. The second kappa shape index (κ2) is 7.13. The van der Waals surface area contributed by atoms with Crippen molar-refractivity contribution >= 4 is 39.2 Å². The molecule has 6 nitrogen and oxygen atoms in total. The maximum absolute atomic E-state index is 11.4. The predicted molar refractivity (Wildman–Crippen MR) is 74.8 cm³/mol. The van der Waals surface area contributed by atoms with Gasteiger partial charge in [0.1, 0.15) is 11.0 Å². The van der Waals surface area contributed by atoms with Crippen LogP contribution in [0.25, 0.3) is 0 Å². The van der Waals surface area contributed by atoms with Crippen molar-refractivity contribution in [1.29, 1.82) is 0 Å². The minimum atomic E-state index is -3.22. The fourth-order valence-corrected chi connectivity index (χ4v) is 2.75. The highest BCUT2D eigenvalue weighted by atomic mass is 35.5. The number of hydrogen-bond donors (Lipinski definition) is 2. The molecule has 0 aliphatic rings. The molecule has 0 atom stereocenters. The van der Waals surface area contributed by atoms with Crippen LogP contribution in [0.3, 0.4) is 0 Å². The number of rotatable bonds is 7. The lowest BCUT2D eigenvalue weighted by Crippen LogP contribution is -2.29. The van der Waals surface area contributed by atoms with Crippen LogP contribution in [0.5, 0.6) is 0 Å². The van der Waals surface area contributed by atoms with Gasteiger partial charge < -0.3 is 5.32 Å². The molecule has 9 heteroatoms. The molecule has 0 unspecified atom stereocenters. The molecule has 1 heterocycles. The largest absolute Gasteiger partial charge is 0.369 e. The minimum absolute atomic E-state index is 0.0168. The number of hydrogen-bond acceptors (Lipinski definition) is 6. The summed E-state index contributed by atoms with van der Waals surface area (Å²) in [6, 6.07) is 1.56. The first-order valence-corrected chi connectivity index (χ1v) is 8.52. The summed E-state index contributed by atoms with van der Waals surface area (Å²) >= 11 is 7.18. The quantitative estimate of drug-likeness (QED) is 0.447. The lowest BCUT2D eigenvalue weighted by molar-refractivity contribution is 0.584. The van der Waals surface area contributed by atoms with Gasteiger partial charge >= 0.3 is 0 Å². The molecule has 0 aliphatic heterocycles. The number of nitrogens with one attached hydrogen (secondary N) is 2. The van der Waals surface area contributed by atoms with Crippen LogP contribution in [0.15, 0.2) is 11.2 Å². The molecule has 0 aliphatic carbocycles. The number of nitrogens with zero attached hydrogens (tertiary/aromatic N) is 2. The Morgan fingerprint density at radius 2 is 2.17 bits per heavy atom. The van der Waals surface area contributed by atoms with E-state index < -0.39 is 10.0 Å². The van der Waals surface area contributed by atoms with Gasteiger partial charge in [0.2, 0.25) is 10.0 Å². The summed E-state index contributed by atoms with van der Waals surface area (Å²) in [4.78, 5) is 8.14. The fraction of sp³-hybridized carbons (Fsp3) is 0.556. The smallest absolute Gasteiger partial charge is 0.213 e. The second-order valence-electron chi connectivity index (χ2n) is 3.31. The molecule has 2 N–H and O–H groups in total. The van der Waals surface area contributed by atoms with Crippen LogP contribution in [0.1, 0.15) is 6.92 Å². The Balaban J connectivity index is 2.56. The summed E-state index contributed by atoms with van der Waals surface area (Å²) in [5, 5.41) is 3.77. The van der Waals surface area contributed by atoms with Crippen LogP contribution < -0.4 is 10.0 Å². The predicted octanol–water partition coefficient (Wildman–Crippen LogP) is 1.20. The van der Waals surface area contributed by atoms with Crippen molar-refractivity contribution < 1.29 is 8.42 Å². The molecule has 0 saturated carbocycles. The number of thioether (sulfide) groups is 1. The van der Waals surface area contributed by atoms with Crippen molar-refractivity contribution in [3.8, 4) is 0 Å². The van der Waals surface area contributed by atoms with Gasteiger partial charge in [0.25, 0.3) is 0 Å². The maximum Gasteiger partial charge on any atom is 0.213 e. The van der Waals surface area contributed by atoms with Crippen molar-refractivity contribution in [1.82, 2.24) is 14.7 Å². The van der Waals surface area contributed by atoms with E-state index in [2.05, 4.69) is 20.0 Å². The summed E-state index contributed by atoms with van der Waals surface area (Å²) in [6.45, 7) is 2.38. The van der Waals surface area contributed by atoms with Gasteiger partial charge in [-0.3, -0.25) is 0 Å². The molecule has 0 fully saturated rings. The summed E-state index contributed by atoms with van der Waals surface area (Å²) in [7, 11) is -3.22. The van der Waals surface area contributed by atoms with Gasteiger partial charge in [-0.15, -0.1) is 0 Å². The zero-order valence-electron chi connectivity index (χ0n) is 10.1. The molecule has 18 heavy (non-hydrogen) atoms. The second-order valence-corrected chi connectivity index (χ2v) is 6.39. The average Bonchev–Trinajstić information content (AvgIpc) is 2.27. The van der Waals surface area contributed by atoms with E-state index in [1.54, 1.807) is 13.0 Å². The number of anilines is 1. The summed E-state index contributed by atoms with van der Waals surface area (Å²) in [5.74, 6) is 0.503. The van der Waals surface area contributed by atoms with Gasteiger partial charge in [-0.05, 0) is 6.26 Å². The van der Waals surface area contributed by atoms with Crippen molar-refractivity contribution in [2.45, 2.75) is 12.1 Å². The van der Waals surface area contributed by atoms with Gasteiger partial charge in [0.15, 0.2) is 5.16 Å². The Morgan fingerprint density at radius 1 is 1.44 bits per heavy atom. The minimum Gasteiger partial charge on any atom is -0.369 e. The number of sulfonamides is 1. The molecular weight excluding hydrogens is 296 g/mol. The van der Waals surface area contributed by atoms with Crippen LogP contribution in [-0.4, -0.2) is 43.5 Å². The average molecular weight is 311 g/mol. The van der Waals surface area contributed by atoms with E-state index in [0.29, 0.717) is 22.7 Å². The third-order valence-corrected chi connectivity index (χ3v) is 4.11. The van der Waals surface area contributed by atoms with Crippen molar-refractivity contribution in [2.24, 2.45) is 0 Å². The van der Waals surface area contributed by atoms with Gasteiger partial charge in [-0.1, -0.05) is 30.3 Å². The van der Waals surface area contributed by atoms with Gasteiger partial charge in [-0.2, -0.15) is 0 Å². The van der Waals surface area contributed by atoms with E-state index >= 15 is 0 Å². The Morgan fingerprint density at radius 3 is 2.78 bits per heavy atom. The molecule has 0 bridgehead atoms. The molecule has 1 aromatic rings. The summed E-state index contributed by atoms with van der Waals surface area (Å²) < 4.78 is 25.2. The first kappa shape index (κ1) is 15.5. The maximum atomic E-state index is 11.4. The van der Waals surface area contributed by atoms with E-state index in [9.17, 15) is 8.42 Å². The first-order chi connectivity index (χ1) is 8.46. The monoisotopic (exact) mass is 310 g/mol. The Kier molecular flexibility index (Phi) is 6.13. The van der Waals surface area contributed by atoms with Crippen LogP contribution in [0.4, 0.5) is 5.82 Å². The standard InChI is InChI=1S/C9H15ClN4O2S2/c1-3-12-18(15,16)5-4-11-8-6-7(10)13-9(14-8)17-2/h6,12H,3-5H2,1-2H3,(H,11,13,14). The lowest BCUT2D eigenvalue weighted by Gasteiger charge is -2.07. The molecule has 0 radical (unpaired) electrons. The van der Waals surface area contributed by atoms with E-state index in [-0.39, 0.29) is 12.3 Å². The van der Waals surface area contributed by atoms with Crippen molar-refractivity contribution in [3.63, 3.8) is 0 Å². The number of aromatic nitrogens is 2. The zero-order chi connectivity index (χ0) is 13.6. The van der Waals surface area contributed by atoms with E-state index in [1.807, 2.05) is 6.26 Å². The Labute approximate surface area is 116 Å². The van der Waals surface area contributed by atoms with Crippen LogP contribution in [0, 0.1) is 0 Å². The highest BCUT2D eigenvalue weighted by Gasteiger charge is 2.08. The van der Waals surface area contributed by atoms with Crippen molar-refractivity contribution in [2.75, 3.05) is 30.4 Å². The first-order valence-electron chi connectivity index (χ1n) is 5.26. The zero-order valence-corrected chi connectivity index (χ0v) is 12.5. The molecule has 102 valence electrons. The van der Waals surface area contributed by atoms with E-state index in [4.69, 9.17) is 11.6 Å². The molecule has 0 spiro atoms. The van der Waals surface area contributed by atoms with Crippen LogP contribution in [-0.2, 0) is 10.0 Å². The van der Waals surface area contributed by atoms with Crippen LogP contribution in [0.2, 0.25) is 5.15 Å². The number of halogens is 1. The molecule has 0 saturated heterocycles. The molecular formula is C9H15ClN4O2S2. The summed E-state index contributed by atoms with van der Waals surface area (Å²) in [6.07, 6.45) is 1.84.